The smallest absolute Gasteiger partial charge is 0.232 e. The molecule has 0 bridgehead atoms. The maximum Gasteiger partial charge on any atom is 0.232 e. The van der Waals surface area contributed by atoms with E-state index in [9.17, 15) is 0 Å². The summed E-state index contributed by atoms with van der Waals surface area (Å²) in [6.45, 7) is 9.20. The van der Waals surface area contributed by atoms with Gasteiger partial charge in [0.05, 0.1) is 18.4 Å². The fourth-order valence-electron chi connectivity index (χ4n) is 2.48. The van der Waals surface area contributed by atoms with Crippen LogP contribution in [0.5, 0.6) is 5.88 Å². The van der Waals surface area contributed by atoms with Crippen molar-refractivity contribution in [2.24, 2.45) is 11.1 Å². The van der Waals surface area contributed by atoms with E-state index in [1.807, 2.05) is 31.2 Å². The summed E-state index contributed by atoms with van der Waals surface area (Å²) in [7, 11) is 0. The fourth-order valence-corrected chi connectivity index (χ4v) is 2.48. The van der Waals surface area contributed by atoms with Gasteiger partial charge in [0.15, 0.2) is 0 Å². The van der Waals surface area contributed by atoms with E-state index in [0.29, 0.717) is 19.0 Å². The quantitative estimate of drug-likeness (QED) is 0.773. The molecule has 0 saturated heterocycles. The monoisotopic (exact) mass is 359 g/mol. The number of nitrogens with zero attached hydrogens (tertiary/aromatic N) is 2. The van der Waals surface area contributed by atoms with Crippen LogP contribution in [0.1, 0.15) is 32.0 Å². The molecule has 1 aliphatic carbocycles. The molecule has 0 spiro atoms. The van der Waals surface area contributed by atoms with E-state index in [1.54, 1.807) is 6.20 Å². The minimum atomic E-state index is -0.121. The number of hydrogen-bond acceptors (Lipinski definition) is 4. The van der Waals surface area contributed by atoms with Crippen LogP contribution in [0, 0.1) is 12.3 Å². The first-order chi connectivity index (χ1) is 12.9. The summed E-state index contributed by atoms with van der Waals surface area (Å²) in [5, 5.41) is 0. The molecule has 2 N–H and O–H groups in total. The molecule has 27 heavy (non-hydrogen) atoms. The molecule has 0 fully saturated rings. The number of rotatable bonds is 6. The molecule has 138 valence electrons. The van der Waals surface area contributed by atoms with Crippen LogP contribution in [0.3, 0.4) is 0 Å². The molecule has 1 aromatic heterocycles. The van der Waals surface area contributed by atoms with Crippen molar-refractivity contribution in [1.29, 1.82) is 0 Å². The number of hydrogen-bond donors (Lipinski definition) is 1. The van der Waals surface area contributed by atoms with E-state index in [0.717, 1.165) is 28.1 Å². The molecule has 0 aliphatic heterocycles. The van der Waals surface area contributed by atoms with Gasteiger partial charge in [0.25, 0.3) is 0 Å². The van der Waals surface area contributed by atoms with Gasteiger partial charge in [0, 0.05) is 17.5 Å². The first-order valence-electron chi connectivity index (χ1n) is 9.06. The maximum atomic E-state index is 5.89. The minimum Gasteiger partial charge on any atom is -0.476 e. The predicted molar refractivity (Wildman–Crippen MR) is 109 cm³/mol. The van der Waals surface area contributed by atoms with Crippen molar-refractivity contribution in [1.82, 2.24) is 9.97 Å². The molecule has 4 heteroatoms. The van der Waals surface area contributed by atoms with Gasteiger partial charge in [-0.15, -0.1) is 0 Å². The van der Waals surface area contributed by atoms with Gasteiger partial charge >= 0.3 is 0 Å². The summed E-state index contributed by atoms with van der Waals surface area (Å²) >= 11 is 0. The number of aromatic nitrogens is 2. The second kappa shape index (κ2) is 7.77. The van der Waals surface area contributed by atoms with Crippen molar-refractivity contribution in [3.63, 3.8) is 0 Å². The number of ether oxygens (including phenoxy) is 1. The van der Waals surface area contributed by atoms with Gasteiger partial charge in [-0.2, -0.15) is 0 Å². The molecule has 1 aromatic carbocycles. The van der Waals surface area contributed by atoms with Gasteiger partial charge in [0.2, 0.25) is 5.88 Å². The fraction of sp³-hybridized carbons (Fsp3) is 0.304. The summed E-state index contributed by atoms with van der Waals surface area (Å²) in [5.41, 5.74) is 17.6. The van der Waals surface area contributed by atoms with Crippen molar-refractivity contribution in [3.8, 4) is 17.1 Å². The van der Waals surface area contributed by atoms with Crippen LogP contribution >= 0.6 is 0 Å². The lowest BCUT2D eigenvalue weighted by Gasteiger charge is -2.22. The predicted octanol–water partition coefficient (Wildman–Crippen LogP) is 4.47. The van der Waals surface area contributed by atoms with Gasteiger partial charge in [0.1, 0.15) is 11.4 Å². The summed E-state index contributed by atoms with van der Waals surface area (Å²) in [6, 6.07) is 8.23. The average molecular weight is 359 g/mol. The third-order valence-electron chi connectivity index (χ3n) is 4.39. The number of aryl methyl sites for hydroxylation is 1. The van der Waals surface area contributed by atoms with Crippen LogP contribution in [0.15, 0.2) is 59.6 Å². The third kappa shape index (κ3) is 4.64. The molecule has 0 atom stereocenters. The molecule has 0 radical (unpaired) electrons. The van der Waals surface area contributed by atoms with Crippen LogP contribution in [-0.4, -0.2) is 23.1 Å². The van der Waals surface area contributed by atoms with Gasteiger partial charge in [-0.3, -0.25) is 0 Å². The molecular formula is C23H25N3O. The van der Waals surface area contributed by atoms with Crippen molar-refractivity contribution in [2.75, 3.05) is 13.2 Å². The van der Waals surface area contributed by atoms with Gasteiger partial charge < -0.3 is 10.5 Å². The first kappa shape index (κ1) is 18.9. The average Bonchev–Trinajstić information content (AvgIpc) is 2.68. The third-order valence-corrected chi connectivity index (χ3v) is 4.39. The molecule has 1 aliphatic rings. The maximum absolute atomic E-state index is 5.89. The second-order valence-electron chi connectivity index (χ2n) is 7.61. The van der Waals surface area contributed by atoms with E-state index < -0.39 is 0 Å². The first-order valence-corrected chi connectivity index (χ1v) is 9.06. The molecule has 0 amide bonds. The van der Waals surface area contributed by atoms with Crippen molar-refractivity contribution < 1.29 is 4.74 Å². The van der Waals surface area contributed by atoms with Gasteiger partial charge in [-0.05, 0) is 31.6 Å². The zero-order valence-electron chi connectivity index (χ0n) is 16.3. The van der Waals surface area contributed by atoms with E-state index in [-0.39, 0.29) is 5.41 Å². The Hall–Kier alpha value is -2.90. The van der Waals surface area contributed by atoms with Crippen LogP contribution in [0.2, 0.25) is 0 Å². The molecule has 1 heterocycles. The Bertz CT molecular complexity index is 971. The zero-order valence-corrected chi connectivity index (χ0v) is 16.3. The van der Waals surface area contributed by atoms with Crippen LogP contribution < -0.4 is 10.5 Å². The standard InChI is InChI=1S/C23H25N3O/c1-16-5-9-18(10-6-16)21-22(19-11-7-17(2)8-12-19)26-20(13-25-21)27-15-23(3,4)14-24/h5,7-9,11-13H,14-15,24H2,1-4H3. The highest BCUT2D eigenvalue weighted by Crippen LogP contribution is 2.29. The number of allylic oxidation sites excluding steroid dienone is 4. The lowest BCUT2D eigenvalue weighted by molar-refractivity contribution is 0.181. The van der Waals surface area contributed by atoms with Gasteiger partial charge in [-0.1, -0.05) is 55.1 Å². The topological polar surface area (TPSA) is 61.0 Å². The number of benzene rings is 1. The molecular weight excluding hydrogens is 334 g/mol. The summed E-state index contributed by atoms with van der Waals surface area (Å²) in [4.78, 5) is 9.38. The SMILES string of the molecule is CC1=C=C=C(c2ncc(OCC(C)(C)CN)nc2-c2ccc(C)cc2)C=C1. The Balaban J connectivity index is 2.05. The van der Waals surface area contributed by atoms with E-state index in [1.165, 1.54) is 5.56 Å². The Morgan fingerprint density at radius 2 is 1.78 bits per heavy atom. The van der Waals surface area contributed by atoms with Crippen molar-refractivity contribution in [2.45, 2.75) is 27.7 Å². The Morgan fingerprint density at radius 1 is 1.04 bits per heavy atom. The molecule has 3 rings (SSSR count). The van der Waals surface area contributed by atoms with E-state index >= 15 is 0 Å². The van der Waals surface area contributed by atoms with Crippen LogP contribution in [-0.2, 0) is 0 Å². The van der Waals surface area contributed by atoms with E-state index in [2.05, 4.69) is 49.4 Å². The van der Waals surface area contributed by atoms with Crippen molar-refractivity contribution >= 4 is 5.57 Å². The normalized spacial score (nSPS) is 13.4. The Kier molecular flexibility index (Phi) is 5.43. The summed E-state index contributed by atoms with van der Waals surface area (Å²) in [5.74, 6) is 0.493. The minimum absolute atomic E-state index is 0.121. The van der Waals surface area contributed by atoms with Crippen LogP contribution in [0.25, 0.3) is 16.8 Å². The highest BCUT2D eigenvalue weighted by molar-refractivity contribution is 5.82. The highest BCUT2D eigenvalue weighted by Gasteiger charge is 2.19. The zero-order chi connectivity index (χ0) is 19.4. The molecule has 4 nitrogen and oxygen atoms in total. The molecule has 0 unspecified atom stereocenters. The second-order valence-corrected chi connectivity index (χ2v) is 7.61. The lowest BCUT2D eigenvalue weighted by Crippen LogP contribution is -2.30. The molecule has 0 saturated carbocycles. The van der Waals surface area contributed by atoms with Crippen LogP contribution in [0.4, 0.5) is 0 Å². The van der Waals surface area contributed by atoms with Gasteiger partial charge in [-0.25, -0.2) is 9.97 Å². The Labute approximate surface area is 160 Å². The lowest BCUT2D eigenvalue weighted by atomic mass is 9.95. The largest absolute Gasteiger partial charge is 0.476 e. The summed E-state index contributed by atoms with van der Waals surface area (Å²) < 4.78 is 5.89. The number of nitrogens with two attached hydrogens (primary N) is 1. The Morgan fingerprint density at radius 3 is 2.41 bits per heavy atom. The van der Waals surface area contributed by atoms with Crippen molar-refractivity contribution in [3.05, 3.63) is 70.9 Å². The van der Waals surface area contributed by atoms with E-state index in [4.69, 9.17) is 15.5 Å². The summed E-state index contributed by atoms with van der Waals surface area (Å²) in [6.07, 6.45) is 5.65. The highest BCUT2D eigenvalue weighted by atomic mass is 16.5. The molecule has 2 aromatic rings.